The Bertz CT molecular complexity index is 835. The van der Waals surface area contributed by atoms with Crippen molar-refractivity contribution in [2.75, 3.05) is 13.1 Å². The lowest BCUT2D eigenvalue weighted by atomic mass is 10.2. The summed E-state index contributed by atoms with van der Waals surface area (Å²) >= 11 is 0. The lowest BCUT2D eigenvalue weighted by molar-refractivity contribution is 0.551. The highest BCUT2D eigenvalue weighted by molar-refractivity contribution is 14.0. The molecule has 0 aliphatic rings. The Labute approximate surface area is 171 Å². The number of aliphatic imine (C=N–C) groups is 1. The molecule has 7 heteroatoms. The van der Waals surface area contributed by atoms with Crippen LogP contribution in [0.5, 0.6) is 0 Å². The smallest absolute Gasteiger partial charge is 0.191 e. The molecule has 0 saturated carbocycles. The van der Waals surface area contributed by atoms with Crippen LogP contribution in [0.3, 0.4) is 0 Å². The minimum Gasteiger partial charge on any atom is -0.459 e. The Balaban J connectivity index is 0.00000243. The van der Waals surface area contributed by atoms with Gasteiger partial charge < -0.3 is 15.1 Å². The van der Waals surface area contributed by atoms with Crippen molar-refractivity contribution in [2.45, 2.75) is 26.8 Å². The highest BCUT2D eigenvalue weighted by Gasteiger charge is 2.05. The number of rotatable bonds is 6. The molecule has 2 heterocycles. The van der Waals surface area contributed by atoms with Gasteiger partial charge in [0.1, 0.15) is 17.9 Å². The van der Waals surface area contributed by atoms with E-state index in [9.17, 15) is 0 Å². The van der Waals surface area contributed by atoms with E-state index in [4.69, 9.17) is 4.42 Å². The second kappa shape index (κ2) is 9.61. The summed E-state index contributed by atoms with van der Waals surface area (Å²) in [5.74, 6) is 1.66. The fourth-order valence-electron chi connectivity index (χ4n) is 2.72. The summed E-state index contributed by atoms with van der Waals surface area (Å²) in [7, 11) is 1.96. The molecule has 2 N–H and O–H groups in total. The molecule has 0 radical (unpaired) electrons. The average Bonchev–Trinajstić information content (AvgIpc) is 3.17. The molecule has 0 spiro atoms. The van der Waals surface area contributed by atoms with Crippen molar-refractivity contribution in [3.05, 3.63) is 53.5 Å². The summed E-state index contributed by atoms with van der Waals surface area (Å²) in [5.41, 5.74) is 3.35. The number of guanidine groups is 1. The van der Waals surface area contributed by atoms with Crippen molar-refractivity contribution in [1.82, 2.24) is 20.4 Å². The molecule has 0 saturated heterocycles. The standard InChI is InChI=1S/C19H25N5O.HI/c1-4-20-19(21-10-9-16-12-23-24(3)14(16)2)22-13-17-11-15-7-5-6-8-18(15)25-17;/h5-8,11-12H,4,9-10,13H2,1-3H3,(H2,20,21,22);1H. The van der Waals surface area contributed by atoms with E-state index in [-0.39, 0.29) is 24.0 Å². The van der Waals surface area contributed by atoms with Crippen molar-refractivity contribution < 1.29 is 4.42 Å². The molecular weight excluding hydrogens is 441 g/mol. The van der Waals surface area contributed by atoms with Gasteiger partial charge in [-0.2, -0.15) is 5.10 Å². The highest BCUT2D eigenvalue weighted by atomic mass is 127. The Morgan fingerprint density at radius 2 is 2.08 bits per heavy atom. The molecular formula is C19H26IN5O. The maximum absolute atomic E-state index is 5.82. The van der Waals surface area contributed by atoms with E-state index in [1.807, 2.05) is 48.3 Å². The average molecular weight is 467 g/mol. The van der Waals surface area contributed by atoms with Crippen LogP contribution >= 0.6 is 24.0 Å². The van der Waals surface area contributed by atoms with Gasteiger partial charge in [0, 0.05) is 31.2 Å². The molecule has 0 aliphatic carbocycles. The number of aromatic nitrogens is 2. The highest BCUT2D eigenvalue weighted by Crippen LogP contribution is 2.19. The van der Waals surface area contributed by atoms with E-state index in [1.165, 1.54) is 11.3 Å². The number of fused-ring (bicyclic) bond motifs is 1. The summed E-state index contributed by atoms with van der Waals surface area (Å²) in [6.45, 7) is 6.28. The maximum atomic E-state index is 5.82. The van der Waals surface area contributed by atoms with E-state index in [2.05, 4.69) is 34.6 Å². The molecule has 140 valence electrons. The van der Waals surface area contributed by atoms with Gasteiger partial charge in [0.2, 0.25) is 0 Å². The van der Waals surface area contributed by atoms with Crippen LogP contribution in [0.1, 0.15) is 23.9 Å². The lowest BCUT2D eigenvalue weighted by Crippen LogP contribution is -2.38. The van der Waals surface area contributed by atoms with Crippen molar-refractivity contribution in [3.63, 3.8) is 0 Å². The van der Waals surface area contributed by atoms with Gasteiger partial charge in [0.15, 0.2) is 5.96 Å². The van der Waals surface area contributed by atoms with Crippen LogP contribution in [-0.2, 0) is 20.0 Å². The Morgan fingerprint density at radius 3 is 2.77 bits per heavy atom. The van der Waals surface area contributed by atoms with Crippen LogP contribution in [0.4, 0.5) is 0 Å². The first-order valence-electron chi connectivity index (χ1n) is 8.64. The molecule has 6 nitrogen and oxygen atoms in total. The predicted molar refractivity (Wildman–Crippen MR) is 116 cm³/mol. The Morgan fingerprint density at radius 1 is 1.27 bits per heavy atom. The molecule has 2 aromatic heterocycles. The zero-order chi connectivity index (χ0) is 17.6. The third kappa shape index (κ3) is 5.00. The van der Waals surface area contributed by atoms with Crippen LogP contribution in [0.25, 0.3) is 11.0 Å². The zero-order valence-corrected chi connectivity index (χ0v) is 17.8. The molecule has 26 heavy (non-hydrogen) atoms. The van der Waals surface area contributed by atoms with Gasteiger partial charge in [-0.1, -0.05) is 18.2 Å². The van der Waals surface area contributed by atoms with Gasteiger partial charge in [-0.15, -0.1) is 24.0 Å². The summed E-state index contributed by atoms with van der Waals surface area (Å²) in [4.78, 5) is 4.62. The van der Waals surface area contributed by atoms with E-state index in [0.29, 0.717) is 6.54 Å². The molecule has 0 bridgehead atoms. The zero-order valence-electron chi connectivity index (χ0n) is 15.5. The minimum absolute atomic E-state index is 0. The SMILES string of the molecule is CCNC(=NCc1cc2ccccc2o1)NCCc1cnn(C)c1C.I. The minimum atomic E-state index is 0. The van der Waals surface area contributed by atoms with Gasteiger partial charge in [-0.25, -0.2) is 4.99 Å². The number of hydrogen-bond acceptors (Lipinski definition) is 3. The van der Waals surface area contributed by atoms with Crippen molar-refractivity contribution in [3.8, 4) is 0 Å². The monoisotopic (exact) mass is 467 g/mol. The molecule has 0 aliphatic heterocycles. The number of nitrogens with zero attached hydrogens (tertiary/aromatic N) is 3. The second-order valence-corrected chi connectivity index (χ2v) is 6.00. The number of para-hydroxylation sites is 1. The lowest BCUT2D eigenvalue weighted by Gasteiger charge is -2.10. The van der Waals surface area contributed by atoms with Crippen LogP contribution in [-0.4, -0.2) is 28.8 Å². The number of furan rings is 1. The maximum Gasteiger partial charge on any atom is 0.191 e. The number of benzene rings is 1. The molecule has 3 rings (SSSR count). The predicted octanol–water partition coefficient (Wildman–Crippen LogP) is 3.39. The third-order valence-corrected chi connectivity index (χ3v) is 4.24. The van der Waals surface area contributed by atoms with Crippen molar-refractivity contribution in [2.24, 2.45) is 12.0 Å². The van der Waals surface area contributed by atoms with Gasteiger partial charge in [0.05, 0.1) is 6.20 Å². The Hall–Kier alpha value is -2.03. The molecule has 0 amide bonds. The van der Waals surface area contributed by atoms with Gasteiger partial charge in [-0.3, -0.25) is 4.68 Å². The van der Waals surface area contributed by atoms with Crippen LogP contribution in [0, 0.1) is 6.92 Å². The molecule has 3 aromatic rings. The van der Waals surface area contributed by atoms with E-state index in [0.717, 1.165) is 42.2 Å². The third-order valence-electron chi connectivity index (χ3n) is 4.24. The number of nitrogens with one attached hydrogen (secondary N) is 2. The van der Waals surface area contributed by atoms with Gasteiger partial charge >= 0.3 is 0 Å². The first-order valence-corrected chi connectivity index (χ1v) is 8.64. The van der Waals surface area contributed by atoms with Gasteiger partial charge in [-0.05, 0) is 38.0 Å². The van der Waals surface area contributed by atoms with Crippen molar-refractivity contribution in [1.29, 1.82) is 0 Å². The summed E-state index contributed by atoms with van der Waals surface area (Å²) in [5, 5.41) is 12.0. The Kier molecular flexibility index (Phi) is 7.50. The van der Waals surface area contributed by atoms with E-state index in [1.54, 1.807) is 0 Å². The fraction of sp³-hybridized carbons (Fsp3) is 0.368. The van der Waals surface area contributed by atoms with Gasteiger partial charge in [0.25, 0.3) is 0 Å². The summed E-state index contributed by atoms with van der Waals surface area (Å²) < 4.78 is 7.71. The molecule has 1 aromatic carbocycles. The van der Waals surface area contributed by atoms with E-state index < -0.39 is 0 Å². The quantitative estimate of drug-likeness (QED) is 0.332. The van der Waals surface area contributed by atoms with Crippen molar-refractivity contribution >= 4 is 40.9 Å². The first-order chi connectivity index (χ1) is 12.2. The number of aryl methyl sites for hydroxylation is 1. The summed E-state index contributed by atoms with van der Waals surface area (Å²) in [6, 6.07) is 10.1. The number of halogens is 1. The van der Waals surface area contributed by atoms with E-state index >= 15 is 0 Å². The normalized spacial score (nSPS) is 11.4. The van der Waals surface area contributed by atoms with Crippen LogP contribution in [0.2, 0.25) is 0 Å². The molecule has 0 atom stereocenters. The molecule has 0 unspecified atom stereocenters. The van der Waals surface area contributed by atoms with Crippen LogP contribution in [0.15, 0.2) is 45.9 Å². The summed E-state index contributed by atoms with van der Waals surface area (Å²) in [6.07, 6.45) is 2.84. The largest absolute Gasteiger partial charge is 0.459 e. The number of hydrogen-bond donors (Lipinski definition) is 2. The molecule has 0 fully saturated rings. The van der Waals surface area contributed by atoms with Crippen LogP contribution < -0.4 is 10.6 Å². The second-order valence-electron chi connectivity index (χ2n) is 6.00. The fourth-order valence-corrected chi connectivity index (χ4v) is 2.72. The first kappa shape index (κ1) is 20.3. The topological polar surface area (TPSA) is 67.4 Å².